The second kappa shape index (κ2) is 10.1. The van der Waals surface area contributed by atoms with Gasteiger partial charge < -0.3 is 4.90 Å². The molecule has 6 heteroatoms. The molecule has 3 amide bonds. The Morgan fingerprint density at radius 2 is 1.59 bits per heavy atom. The largest absolute Gasteiger partial charge is 0.334 e. The molecule has 1 saturated heterocycles. The van der Waals surface area contributed by atoms with Crippen molar-refractivity contribution < 1.29 is 14.4 Å². The third kappa shape index (κ3) is 4.90. The number of likely N-dealkylation sites (tertiary alicyclic amines) is 1. The Morgan fingerprint density at radius 1 is 0.969 bits per heavy atom. The highest BCUT2D eigenvalue weighted by molar-refractivity contribution is 6.05. The summed E-state index contributed by atoms with van der Waals surface area (Å²) in [6.07, 6.45) is 8.18. The van der Waals surface area contributed by atoms with Crippen LogP contribution >= 0.6 is 0 Å². The highest BCUT2D eigenvalue weighted by Gasteiger charge is 2.47. The Hall–Kier alpha value is -3.02. The lowest BCUT2D eigenvalue weighted by Crippen LogP contribution is -2.37. The zero-order valence-electron chi connectivity index (χ0n) is 18.7. The van der Waals surface area contributed by atoms with E-state index >= 15 is 0 Å². The number of carbonyl (C=O) groups excluding carboxylic acids is 3. The normalized spacial score (nSPS) is 20.3. The summed E-state index contributed by atoms with van der Waals surface area (Å²) < 4.78 is 0. The van der Waals surface area contributed by atoms with Crippen molar-refractivity contribution in [2.75, 3.05) is 6.54 Å². The molecule has 1 aliphatic heterocycles. The van der Waals surface area contributed by atoms with Crippen LogP contribution in [-0.2, 0) is 33.9 Å². The minimum absolute atomic E-state index is 0.0658. The van der Waals surface area contributed by atoms with Crippen LogP contribution in [0.25, 0.3) is 0 Å². The van der Waals surface area contributed by atoms with Gasteiger partial charge >= 0.3 is 0 Å². The number of hydrogen-bond donors (Lipinski definition) is 0. The number of rotatable bonds is 8. The summed E-state index contributed by atoms with van der Waals surface area (Å²) >= 11 is 0. The van der Waals surface area contributed by atoms with Gasteiger partial charge in [-0.25, -0.2) is 0 Å². The van der Waals surface area contributed by atoms with Gasteiger partial charge in [-0.2, -0.15) is 0 Å². The minimum atomic E-state index is -0.171. The van der Waals surface area contributed by atoms with Crippen LogP contribution in [0.3, 0.4) is 0 Å². The predicted molar refractivity (Wildman–Crippen MR) is 121 cm³/mol. The Bertz CT molecular complexity index is 934. The second-order valence-corrected chi connectivity index (χ2v) is 8.86. The zero-order valence-corrected chi connectivity index (χ0v) is 18.7. The fourth-order valence-corrected chi connectivity index (χ4v) is 4.86. The van der Waals surface area contributed by atoms with Gasteiger partial charge in [0.05, 0.1) is 11.8 Å². The summed E-state index contributed by atoms with van der Waals surface area (Å²) in [6, 6.07) is 12.1. The minimum Gasteiger partial charge on any atom is -0.334 e. The number of hydrogen-bond acceptors (Lipinski definition) is 4. The molecule has 6 nitrogen and oxygen atoms in total. The number of aryl methyl sites for hydroxylation is 1. The molecule has 1 aromatic heterocycles. The molecule has 2 heterocycles. The maximum atomic E-state index is 13.2. The first-order chi connectivity index (χ1) is 15.6. The Morgan fingerprint density at radius 3 is 2.19 bits per heavy atom. The lowest BCUT2D eigenvalue weighted by molar-refractivity contribution is -0.141. The van der Waals surface area contributed by atoms with Crippen molar-refractivity contribution in [3.05, 3.63) is 65.5 Å². The van der Waals surface area contributed by atoms with E-state index in [1.165, 1.54) is 10.5 Å². The summed E-state index contributed by atoms with van der Waals surface area (Å²) in [5.41, 5.74) is 3.26. The summed E-state index contributed by atoms with van der Waals surface area (Å²) in [7, 11) is 0. The van der Waals surface area contributed by atoms with E-state index < -0.39 is 0 Å². The van der Waals surface area contributed by atoms with Crippen molar-refractivity contribution in [1.29, 1.82) is 0 Å². The first kappa shape index (κ1) is 22.2. The van der Waals surface area contributed by atoms with E-state index in [1.807, 2.05) is 12.1 Å². The van der Waals surface area contributed by atoms with Gasteiger partial charge in [0.1, 0.15) is 0 Å². The average Bonchev–Trinajstić information content (AvgIpc) is 3.08. The molecule has 2 aliphatic rings. The SMILES string of the molecule is CCc1ccc(CN(Cc2cccnc2)C(=O)CCN2C(=O)[C@@H]3CCCC[C@H]3C2=O)cc1. The maximum absolute atomic E-state index is 13.2. The highest BCUT2D eigenvalue weighted by atomic mass is 16.2. The lowest BCUT2D eigenvalue weighted by atomic mass is 9.81. The second-order valence-electron chi connectivity index (χ2n) is 8.86. The van der Waals surface area contributed by atoms with Gasteiger partial charge in [-0.3, -0.25) is 24.3 Å². The van der Waals surface area contributed by atoms with E-state index in [4.69, 9.17) is 0 Å². The maximum Gasteiger partial charge on any atom is 0.233 e. The Balaban J connectivity index is 1.44. The number of fused-ring (bicyclic) bond motifs is 1. The van der Waals surface area contributed by atoms with Crippen LogP contribution < -0.4 is 0 Å². The monoisotopic (exact) mass is 433 g/mol. The molecule has 2 atom stereocenters. The Kier molecular flexibility index (Phi) is 6.98. The molecular formula is C26H31N3O3. The molecule has 168 valence electrons. The van der Waals surface area contributed by atoms with Gasteiger partial charge in [0.25, 0.3) is 0 Å². The molecule has 1 saturated carbocycles. The molecule has 0 unspecified atom stereocenters. The van der Waals surface area contributed by atoms with E-state index in [-0.39, 0.29) is 42.5 Å². The van der Waals surface area contributed by atoms with Gasteiger partial charge in [0.2, 0.25) is 17.7 Å². The lowest BCUT2D eigenvalue weighted by Gasteiger charge is -2.24. The molecule has 0 bridgehead atoms. The van der Waals surface area contributed by atoms with Gasteiger partial charge in [-0.1, -0.05) is 50.1 Å². The smallest absolute Gasteiger partial charge is 0.233 e. The first-order valence-electron chi connectivity index (χ1n) is 11.7. The van der Waals surface area contributed by atoms with Gasteiger partial charge in [0, 0.05) is 38.4 Å². The molecule has 1 aromatic carbocycles. The Labute approximate surface area is 189 Å². The topological polar surface area (TPSA) is 70.6 Å². The van der Waals surface area contributed by atoms with Crippen LogP contribution in [0.5, 0.6) is 0 Å². The number of nitrogens with zero attached hydrogens (tertiary/aromatic N) is 3. The quantitative estimate of drug-likeness (QED) is 0.595. The van der Waals surface area contributed by atoms with Crippen LogP contribution in [-0.4, -0.2) is 39.1 Å². The molecular weight excluding hydrogens is 402 g/mol. The summed E-state index contributed by atoms with van der Waals surface area (Å²) in [5, 5.41) is 0. The number of imide groups is 1. The summed E-state index contributed by atoms with van der Waals surface area (Å²) in [4.78, 5) is 46.0. The predicted octanol–water partition coefficient (Wildman–Crippen LogP) is 3.74. The van der Waals surface area contributed by atoms with Crippen molar-refractivity contribution in [1.82, 2.24) is 14.8 Å². The molecule has 0 N–H and O–H groups in total. The number of aromatic nitrogens is 1. The molecule has 0 spiro atoms. The molecule has 2 fully saturated rings. The van der Waals surface area contributed by atoms with Crippen LogP contribution in [0.2, 0.25) is 0 Å². The first-order valence-corrected chi connectivity index (χ1v) is 11.7. The van der Waals surface area contributed by atoms with Crippen molar-refractivity contribution in [2.24, 2.45) is 11.8 Å². The van der Waals surface area contributed by atoms with Crippen molar-refractivity contribution in [2.45, 2.75) is 58.5 Å². The van der Waals surface area contributed by atoms with Gasteiger partial charge in [-0.15, -0.1) is 0 Å². The molecule has 2 aromatic rings. The fraction of sp³-hybridized carbons (Fsp3) is 0.462. The van der Waals surface area contributed by atoms with Crippen molar-refractivity contribution in [3.63, 3.8) is 0 Å². The van der Waals surface area contributed by atoms with Crippen molar-refractivity contribution >= 4 is 17.7 Å². The summed E-state index contributed by atoms with van der Waals surface area (Å²) in [6.45, 7) is 3.20. The van der Waals surface area contributed by atoms with Gasteiger partial charge in [0.15, 0.2) is 0 Å². The van der Waals surface area contributed by atoms with Crippen LogP contribution in [0.4, 0.5) is 0 Å². The third-order valence-electron chi connectivity index (χ3n) is 6.74. The molecule has 0 radical (unpaired) electrons. The number of pyridine rings is 1. The van der Waals surface area contributed by atoms with E-state index in [0.29, 0.717) is 13.1 Å². The number of amides is 3. The standard InChI is InChI=1S/C26H31N3O3/c1-2-19-9-11-20(12-10-19)17-28(18-21-6-5-14-27-16-21)24(30)13-15-29-25(31)22-7-3-4-8-23(22)26(29)32/h5-6,9-12,14,16,22-23H,2-4,7-8,13,15,17-18H2,1H3/t22-,23-/m1/s1. The molecule has 4 rings (SSSR count). The van der Waals surface area contributed by atoms with Crippen LogP contribution in [0.15, 0.2) is 48.8 Å². The number of carbonyl (C=O) groups is 3. The van der Waals surface area contributed by atoms with Crippen LogP contribution in [0.1, 0.15) is 55.7 Å². The van der Waals surface area contributed by atoms with Gasteiger partial charge in [-0.05, 0) is 42.0 Å². The van der Waals surface area contributed by atoms with E-state index in [9.17, 15) is 14.4 Å². The highest BCUT2D eigenvalue weighted by Crippen LogP contribution is 2.38. The van der Waals surface area contributed by atoms with E-state index in [0.717, 1.165) is 43.2 Å². The zero-order chi connectivity index (χ0) is 22.5. The van der Waals surface area contributed by atoms with Crippen molar-refractivity contribution in [3.8, 4) is 0 Å². The van der Waals surface area contributed by atoms with Crippen LogP contribution in [0, 0.1) is 11.8 Å². The van der Waals surface area contributed by atoms with E-state index in [2.05, 4.69) is 36.2 Å². The molecule has 1 aliphatic carbocycles. The summed E-state index contributed by atoms with van der Waals surface area (Å²) in [5.74, 6) is -0.573. The average molecular weight is 434 g/mol. The van der Waals surface area contributed by atoms with E-state index in [1.54, 1.807) is 17.3 Å². The number of benzene rings is 1. The fourth-order valence-electron chi connectivity index (χ4n) is 4.86. The third-order valence-corrected chi connectivity index (χ3v) is 6.74. The molecule has 32 heavy (non-hydrogen) atoms.